The van der Waals surface area contributed by atoms with Crippen LogP contribution in [0.2, 0.25) is 0 Å². The standard InChI is InChI=1S/C28H27N3O5/c1-4-20-22(14-19-12-8-9-13-21(19)18-10-6-5-7-11-18)31-15-17(2)30-28(36-16-23(32)35-3)25(31)24(20)26(33)27(29)34/h5-13,15H,4,14,16H2,1-3H3,(H2,29,34). The summed E-state index contributed by atoms with van der Waals surface area (Å²) < 4.78 is 12.2. The lowest BCUT2D eigenvalue weighted by Crippen LogP contribution is -2.24. The Hall–Kier alpha value is -4.46. The monoisotopic (exact) mass is 485 g/mol. The van der Waals surface area contributed by atoms with Gasteiger partial charge in [-0.05, 0) is 35.6 Å². The molecule has 0 saturated heterocycles. The molecule has 1 amide bonds. The van der Waals surface area contributed by atoms with Crippen molar-refractivity contribution in [2.75, 3.05) is 13.7 Å². The van der Waals surface area contributed by atoms with Crippen LogP contribution in [0, 0.1) is 6.92 Å². The van der Waals surface area contributed by atoms with Crippen LogP contribution in [0.3, 0.4) is 0 Å². The average molecular weight is 486 g/mol. The summed E-state index contributed by atoms with van der Waals surface area (Å²) in [5.74, 6) is -2.45. The van der Waals surface area contributed by atoms with E-state index < -0.39 is 24.3 Å². The summed E-state index contributed by atoms with van der Waals surface area (Å²) in [6, 6.07) is 18.1. The molecule has 0 aliphatic heterocycles. The van der Waals surface area contributed by atoms with Crippen LogP contribution >= 0.6 is 0 Å². The SMILES string of the molecule is CCc1c(C(=O)C(N)=O)c2c(OCC(=O)OC)nc(C)cn2c1Cc1ccccc1-c1ccccc1. The molecule has 0 atom stereocenters. The van der Waals surface area contributed by atoms with Crippen molar-refractivity contribution >= 4 is 23.2 Å². The number of hydrogen-bond donors (Lipinski definition) is 1. The van der Waals surface area contributed by atoms with Gasteiger partial charge < -0.3 is 19.6 Å². The molecule has 0 radical (unpaired) electrons. The Kier molecular flexibility index (Phi) is 7.15. The lowest BCUT2D eigenvalue weighted by molar-refractivity contribution is -0.143. The number of hydrogen-bond acceptors (Lipinski definition) is 6. The maximum Gasteiger partial charge on any atom is 0.343 e. The van der Waals surface area contributed by atoms with E-state index in [4.69, 9.17) is 10.5 Å². The van der Waals surface area contributed by atoms with E-state index in [-0.39, 0.29) is 11.4 Å². The average Bonchev–Trinajstić information content (AvgIpc) is 3.20. The Morgan fingerprint density at radius 3 is 2.39 bits per heavy atom. The zero-order chi connectivity index (χ0) is 25.8. The number of benzene rings is 2. The van der Waals surface area contributed by atoms with Gasteiger partial charge in [0.15, 0.2) is 6.61 Å². The first-order chi connectivity index (χ1) is 17.3. The number of rotatable bonds is 9. The highest BCUT2D eigenvalue weighted by atomic mass is 16.6. The van der Waals surface area contributed by atoms with Crippen LogP contribution in [0.4, 0.5) is 0 Å². The third-order valence-corrected chi connectivity index (χ3v) is 6.03. The molecule has 0 aliphatic carbocycles. The van der Waals surface area contributed by atoms with E-state index >= 15 is 0 Å². The lowest BCUT2D eigenvalue weighted by Gasteiger charge is -2.13. The number of nitrogens with zero attached hydrogens (tertiary/aromatic N) is 2. The van der Waals surface area contributed by atoms with E-state index in [9.17, 15) is 14.4 Å². The molecule has 0 spiro atoms. The summed E-state index contributed by atoms with van der Waals surface area (Å²) in [4.78, 5) is 41.3. The second-order valence-electron chi connectivity index (χ2n) is 8.32. The van der Waals surface area contributed by atoms with Crippen molar-refractivity contribution in [1.29, 1.82) is 0 Å². The topological polar surface area (TPSA) is 113 Å². The summed E-state index contributed by atoms with van der Waals surface area (Å²) in [6.45, 7) is 3.30. The van der Waals surface area contributed by atoms with Crippen molar-refractivity contribution in [3.63, 3.8) is 0 Å². The molecule has 2 aromatic carbocycles. The predicted molar refractivity (Wildman–Crippen MR) is 135 cm³/mol. The zero-order valence-corrected chi connectivity index (χ0v) is 20.4. The fraction of sp³-hybridized carbons (Fsp3) is 0.214. The first-order valence-corrected chi connectivity index (χ1v) is 11.6. The highest BCUT2D eigenvalue weighted by molar-refractivity contribution is 6.44. The molecule has 2 heterocycles. The number of esters is 1. The Morgan fingerprint density at radius 1 is 1.03 bits per heavy atom. The van der Waals surface area contributed by atoms with Crippen molar-refractivity contribution in [1.82, 2.24) is 9.38 Å². The van der Waals surface area contributed by atoms with Gasteiger partial charge in [-0.25, -0.2) is 9.78 Å². The fourth-order valence-corrected chi connectivity index (χ4v) is 4.45. The predicted octanol–water partition coefficient (Wildman–Crippen LogP) is 3.68. The third kappa shape index (κ3) is 4.70. The number of ether oxygens (including phenoxy) is 2. The van der Waals surface area contributed by atoms with Crippen LogP contribution < -0.4 is 10.5 Å². The third-order valence-electron chi connectivity index (χ3n) is 6.03. The minimum atomic E-state index is -1.08. The van der Waals surface area contributed by atoms with Gasteiger partial charge in [0, 0.05) is 18.3 Å². The normalized spacial score (nSPS) is 10.9. The number of methoxy groups -OCH3 is 1. The van der Waals surface area contributed by atoms with Gasteiger partial charge in [-0.15, -0.1) is 0 Å². The maximum atomic E-state index is 13.1. The van der Waals surface area contributed by atoms with Crippen molar-refractivity contribution in [2.24, 2.45) is 5.73 Å². The molecule has 184 valence electrons. The molecule has 8 nitrogen and oxygen atoms in total. The minimum absolute atomic E-state index is 0.0577. The maximum absolute atomic E-state index is 13.1. The summed E-state index contributed by atoms with van der Waals surface area (Å²) in [7, 11) is 1.25. The second-order valence-corrected chi connectivity index (χ2v) is 8.32. The van der Waals surface area contributed by atoms with E-state index in [0.29, 0.717) is 29.6 Å². The highest BCUT2D eigenvalue weighted by Crippen LogP contribution is 2.34. The molecule has 0 unspecified atom stereocenters. The van der Waals surface area contributed by atoms with Gasteiger partial charge in [-0.2, -0.15) is 0 Å². The smallest absolute Gasteiger partial charge is 0.343 e. The largest absolute Gasteiger partial charge is 0.466 e. The molecule has 0 aliphatic rings. The molecule has 4 aromatic rings. The number of amides is 1. The number of carbonyl (C=O) groups excluding carboxylic acids is 3. The van der Waals surface area contributed by atoms with Crippen molar-refractivity contribution in [3.05, 3.63) is 88.9 Å². The van der Waals surface area contributed by atoms with E-state index in [1.165, 1.54) is 7.11 Å². The Balaban J connectivity index is 1.96. The molecule has 2 N–H and O–H groups in total. The van der Waals surface area contributed by atoms with Crippen LogP contribution in [0.25, 0.3) is 16.6 Å². The quantitative estimate of drug-likeness (QED) is 0.220. The van der Waals surface area contributed by atoms with Crippen molar-refractivity contribution in [3.8, 4) is 17.0 Å². The minimum Gasteiger partial charge on any atom is -0.466 e. The fourth-order valence-electron chi connectivity index (χ4n) is 4.45. The first-order valence-electron chi connectivity index (χ1n) is 11.6. The summed E-state index contributed by atoms with van der Waals surface area (Å²) >= 11 is 0. The molecule has 0 saturated carbocycles. The summed E-state index contributed by atoms with van der Waals surface area (Å²) in [5, 5.41) is 0. The number of nitrogens with two attached hydrogens (primary N) is 1. The van der Waals surface area contributed by atoms with Gasteiger partial charge in [-0.3, -0.25) is 9.59 Å². The molecule has 0 fully saturated rings. The van der Waals surface area contributed by atoms with Gasteiger partial charge in [0.1, 0.15) is 5.52 Å². The van der Waals surface area contributed by atoms with E-state index in [0.717, 1.165) is 22.4 Å². The summed E-state index contributed by atoms with van der Waals surface area (Å²) in [5.41, 5.74) is 11.2. The second kappa shape index (κ2) is 10.4. The number of aryl methyl sites for hydroxylation is 1. The van der Waals surface area contributed by atoms with Crippen molar-refractivity contribution < 1.29 is 23.9 Å². The number of carbonyl (C=O) groups is 3. The number of ketones is 1. The molecule has 4 rings (SSSR count). The number of aromatic nitrogens is 2. The van der Waals surface area contributed by atoms with Gasteiger partial charge in [0.2, 0.25) is 5.88 Å². The molecular weight excluding hydrogens is 458 g/mol. The van der Waals surface area contributed by atoms with Gasteiger partial charge in [0.05, 0.1) is 18.4 Å². The van der Waals surface area contributed by atoms with Gasteiger partial charge in [0.25, 0.3) is 11.7 Å². The van der Waals surface area contributed by atoms with Crippen LogP contribution in [-0.4, -0.2) is 40.8 Å². The lowest BCUT2D eigenvalue weighted by atomic mass is 9.94. The van der Waals surface area contributed by atoms with Crippen molar-refractivity contribution in [2.45, 2.75) is 26.7 Å². The molecular formula is C28H27N3O5. The highest BCUT2D eigenvalue weighted by Gasteiger charge is 2.29. The first kappa shape index (κ1) is 24.7. The summed E-state index contributed by atoms with van der Waals surface area (Å²) in [6.07, 6.45) is 2.73. The van der Waals surface area contributed by atoms with Gasteiger partial charge in [-0.1, -0.05) is 61.5 Å². The number of Topliss-reactive ketones (excluding diaryl/α,β-unsaturated/α-hetero) is 1. The Morgan fingerprint density at radius 2 is 1.72 bits per heavy atom. The Labute approximate surface area is 208 Å². The molecule has 0 bridgehead atoms. The molecule has 2 aromatic heterocycles. The van der Waals surface area contributed by atoms with Gasteiger partial charge >= 0.3 is 5.97 Å². The number of fused-ring (bicyclic) bond motifs is 1. The van der Waals surface area contributed by atoms with Crippen LogP contribution in [0.1, 0.15) is 39.8 Å². The molecule has 36 heavy (non-hydrogen) atoms. The van der Waals surface area contributed by atoms with Crippen LogP contribution in [-0.2, 0) is 27.2 Å². The van der Waals surface area contributed by atoms with E-state index in [1.807, 2.05) is 59.9 Å². The van der Waals surface area contributed by atoms with E-state index in [2.05, 4.69) is 15.8 Å². The van der Waals surface area contributed by atoms with Crippen LogP contribution in [0.15, 0.2) is 60.8 Å². The van der Waals surface area contributed by atoms with Crippen LogP contribution in [0.5, 0.6) is 5.88 Å². The Bertz CT molecular complexity index is 1460. The zero-order valence-electron chi connectivity index (χ0n) is 20.4. The number of primary amides is 1. The van der Waals surface area contributed by atoms with E-state index in [1.54, 1.807) is 13.1 Å². The molecule has 8 heteroatoms.